The molecule has 0 aromatic rings. The summed E-state index contributed by atoms with van der Waals surface area (Å²) in [6.07, 6.45) is -0.557. The number of esters is 2. The van der Waals surface area contributed by atoms with E-state index < -0.39 is 6.10 Å². The molecule has 2 unspecified atom stereocenters. The van der Waals surface area contributed by atoms with E-state index in [-0.39, 0.29) is 17.9 Å². The van der Waals surface area contributed by atoms with E-state index in [1.54, 1.807) is 6.92 Å². The van der Waals surface area contributed by atoms with Crippen molar-refractivity contribution in [2.24, 2.45) is 5.92 Å². The highest BCUT2D eigenvalue weighted by atomic mass is 16.6. The molecule has 1 rings (SSSR count). The van der Waals surface area contributed by atoms with Gasteiger partial charge >= 0.3 is 11.9 Å². The van der Waals surface area contributed by atoms with Gasteiger partial charge < -0.3 is 14.2 Å². The van der Waals surface area contributed by atoms with E-state index in [0.717, 1.165) is 0 Å². The minimum atomic E-state index is -0.557. The Kier molecular flexibility index (Phi) is 6.07. The highest BCUT2D eigenvalue weighted by Crippen LogP contribution is 2.10. The Labute approximate surface area is 107 Å². The van der Waals surface area contributed by atoms with Crippen LogP contribution in [0, 0.1) is 5.92 Å². The van der Waals surface area contributed by atoms with Crippen molar-refractivity contribution >= 4 is 11.9 Å². The number of nitrogens with zero attached hydrogens (tertiary/aromatic N) is 1. The third kappa shape index (κ3) is 4.27. The summed E-state index contributed by atoms with van der Waals surface area (Å²) in [6, 6.07) is 0. The van der Waals surface area contributed by atoms with Crippen LogP contribution < -0.4 is 0 Å². The van der Waals surface area contributed by atoms with E-state index >= 15 is 0 Å². The molecule has 0 N–H and O–H groups in total. The van der Waals surface area contributed by atoms with Gasteiger partial charge in [0.2, 0.25) is 0 Å². The molecule has 0 amide bonds. The maximum atomic E-state index is 11.5. The maximum absolute atomic E-state index is 11.5. The Morgan fingerprint density at radius 2 is 2.22 bits per heavy atom. The molecule has 0 aliphatic carbocycles. The highest BCUT2D eigenvalue weighted by Gasteiger charge is 2.29. The van der Waals surface area contributed by atoms with Crippen LogP contribution in [0.5, 0.6) is 0 Å². The molecule has 1 fully saturated rings. The van der Waals surface area contributed by atoms with Crippen molar-refractivity contribution in [3.63, 3.8) is 0 Å². The number of hydrogen-bond acceptors (Lipinski definition) is 6. The third-order valence-corrected chi connectivity index (χ3v) is 2.84. The Bertz CT molecular complexity index is 294. The second-order valence-corrected chi connectivity index (χ2v) is 4.30. The van der Waals surface area contributed by atoms with Crippen molar-refractivity contribution in [3.05, 3.63) is 0 Å². The minimum absolute atomic E-state index is 0.207. The first-order valence-corrected chi connectivity index (χ1v) is 6.16. The van der Waals surface area contributed by atoms with Crippen LogP contribution in [0.2, 0.25) is 0 Å². The standard InChI is InChI=1S/C12H21NO5/c1-4-17-11(14)9(2)7-13-5-6-18-10(8-13)12(15)16-3/h9-10H,4-8H2,1-3H3. The summed E-state index contributed by atoms with van der Waals surface area (Å²) in [5.41, 5.74) is 0. The third-order valence-electron chi connectivity index (χ3n) is 2.84. The lowest BCUT2D eigenvalue weighted by Crippen LogP contribution is -2.48. The molecule has 0 spiro atoms. The number of hydrogen-bond donors (Lipinski definition) is 0. The van der Waals surface area contributed by atoms with Crippen molar-refractivity contribution in [2.75, 3.05) is 40.0 Å². The monoisotopic (exact) mass is 259 g/mol. The molecular formula is C12H21NO5. The molecule has 104 valence electrons. The molecule has 0 saturated carbocycles. The molecule has 6 nitrogen and oxygen atoms in total. The van der Waals surface area contributed by atoms with Crippen LogP contribution in [-0.2, 0) is 23.8 Å². The van der Waals surface area contributed by atoms with Crippen LogP contribution in [0.4, 0.5) is 0 Å². The second-order valence-electron chi connectivity index (χ2n) is 4.30. The molecule has 0 aromatic carbocycles. The largest absolute Gasteiger partial charge is 0.467 e. The number of methoxy groups -OCH3 is 1. The highest BCUT2D eigenvalue weighted by molar-refractivity contribution is 5.75. The quantitative estimate of drug-likeness (QED) is 0.650. The zero-order chi connectivity index (χ0) is 13.5. The Morgan fingerprint density at radius 3 is 2.83 bits per heavy atom. The number of carbonyl (C=O) groups excluding carboxylic acids is 2. The maximum Gasteiger partial charge on any atom is 0.336 e. The van der Waals surface area contributed by atoms with E-state index in [1.807, 2.05) is 11.8 Å². The lowest BCUT2D eigenvalue weighted by Gasteiger charge is -2.32. The van der Waals surface area contributed by atoms with E-state index in [2.05, 4.69) is 4.74 Å². The van der Waals surface area contributed by atoms with Crippen LogP contribution in [0.3, 0.4) is 0 Å². The number of morpholine rings is 1. The molecule has 0 radical (unpaired) electrons. The van der Waals surface area contributed by atoms with Crippen LogP contribution in [0.15, 0.2) is 0 Å². The van der Waals surface area contributed by atoms with Gasteiger partial charge in [0.05, 0.1) is 26.2 Å². The average molecular weight is 259 g/mol. The molecule has 6 heteroatoms. The zero-order valence-corrected chi connectivity index (χ0v) is 11.2. The lowest BCUT2D eigenvalue weighted by molar-refractivity contribution is -0.160. The fraction of sp³-hybridized carbons (Fsp3) is 0.833. The molecule has 1 aliphatic rings. The van der Waals surface area contributed by atoms with E-state index in [9.17, 15) is 9.59 Å². The molecule has 1 saturated heterocycles. The van der Waals surface area contributed by atoms with Crippen molar-refractivity contribution in [3.8, 4) is 0 Å². The zero-order valence-electron chi connectivity index (χ0n) is 11.2. The molecule has 0 bridgehead atoms. The van der Waals surface area contributed by atoms with E-state index in [0.29, 0.717) is 32.8 Å². The van der Waals surface area contributed by atoms with Gasteiger partial charge in [0.1, 0.15) is 0 Å². The van der Waals surface area contributed by atoms with Gasteiger partial charge in [0.25, 0.3) is 0 Å². The Balaban J connectivity index is 2.42. The fourth-order valence-corrected chi connectivity index (χ4v) is 1.89. The predicted octanol–water partition coefficient (Wildman–Crippen LogP) is 0.0594. The van der Waals surface area contributed by atoms with Crippen LogP contribution in [0.25, 0.3) is 0 Å². The first-order valence-electron chi connectivity index (χ1n) is 6.16. The molecule has 1 heterocycles. The van der Waals surface area contributed by atoms with Crippen molar-refractivity contribution in [1.29, 1.82) is 0 Å². The summed E-state index contributed by atoms with van der Waals surface area (Å²) in [5, 5.41) is 0. The molecular weight excluding hydrogens is 238 g/mol. The minimum Gasteiger partial charge on any atom is -0.467 e. The predicted molar refractivity (Wildman–Crippen MR) is 64.0 cm³/mol. The second kappa shape index (κ2) is 7.33. The number of ether oxygens (including phenoxy) is 3. The Hall–Kier alpha value is -1.14. The van der Waals surface area contributed by atoms with Crippen LogP contribution >= 0.6 is 0 Å². The van der Waals surface area contributed by atoms with Crippen molar-refractivity contribution in [1.82, 2.24) is 4.90 Å². The molecule has 18 heavy (non-hydrogen) atoms. The van der Waals surface area contributed by atoms with Gasteiger partial charge in [-0.15, -0.1) is 0 Å². The normalized spacial score (nSPS) is 22.3. The summed E-state index contributed by atoms with van der Waals surface area (Å²) >= 11 is 0. The fourth-order valence-electron chi connectivity index (χ4n) is 1.89. The van der Waals surface area contributed by atoms with Gasteiger partial charge in [-0.05, 0) is 6.92 Å². The Morgan fingerprint density at radius 1 is 1.50 bits per heavy atom. The van der Waals surface area contributed by atoms with Gasteiger partial charge in [-0.3, -0.25) is 9.69 Å². The summed E-state index contributed by atoms with van der Waals surface area (Å²) in [7, 11) is 1.34. The molecule has 0 aromatic heterocycles. The van der Waals surface area contributed by atoms with Crippen molar-refractivity contribution < 1.29 is 23.8 Å². The topological polar surface area (TPSA) is 65.1 Å². The molecule has 1 aliphatic heterocycles. The average Bonchev–Trinajstić information content (AvgIpc) is 2.38. The summed E-state index contributed by atoms with van der Waals surface area (Å²) in [5.74, 6) is -0.788. The summed E-state index contributed by atoms with van der Waals surface area (Å²) in [6.45, 7) is 6.18. The van der Waals surface area contributed by atoms with Crippen molar-refractivity contribution in [2.45, 2.75) is 20.0 Å². The number of rotatable bonds is 5. The first-order chi connectivity index (χ1) is 8.58. The molecule has 2 atom stereocenters. The van der Waals surface area contributed by atoms with E-state index in [4.69, 9.17) is 9.47 Å². The van der Waals surface area contributed by atoms with Gasteiger partial charge in [0.15, 0.2) is 6.10 Å². The summed E-state index contributed by atoms with van der Waals surface area (Å²) < 4.78 is 14.9. The van der Waals surface area contributed by atoms with Crippen LogP contribution in [-0.4, -0.2) is 62.9 Å². The smallest absolute Gasteiger partial charge is 0.336 e. The van der Waals surface area contributed by atoms with Gasteiger partial charge in [-0.25, -0.2) is 4.79 Å². The first kappa shape index (κ1) is 14.9. The van der Waals surface area contributed by atoms with Gasteiger partial charge in [-0.2, -0.15) is 0 Å². The summed E-state index contributed by atoms with van der Waals surface area (Å²) in [4.78, 5) is 24.9. The van der Waals surface area contributed by atoms with Gasteiger partial charge in [-0.1, -0.05) is 6.92 Å². The van der Waals surface area contributed by atoms with Crippen LogP contribution in [0.1, 0.15) is 13.8 Å². The SMILES string of the molecule is CCOC(=O)C(C)CN1CCOC(C(=O)OC)C1. The lowest BCUT2D eigenvalue weighted by atomic mass is 10.1. The van der Waals surface area contributed by atoms with E-state index in [1.165, 1.54) is 7.11 Å². The van der Waals surface area contributed by atoms with Gasteiger partial charge in [0, 0.05) is 19.6 Å². The number of carbonyl (C=O) groups is 2.